The van der Waals surface area contributed by atoms with Gasteiger partial charge < -0.3 is 20.1 Å². The molecule has 3 atom stereocenters. The van der Waals surface area contributed by atoms with E-state index < -0.39 is 28.6 Å². The van der Waals surface area contributed by atoms with Crippen molar-refractivity contribution in [3.05, 3.63) is 35.9 Å². The van der Waals surface area contributed by atoms with Crippen molar-refractivity contribution < 1.29 is 31.4 Å². The maximum Gasteiger partial charge on any atom is 0.407 e. The van der Waals surface area contributed by atoms with E-state index in [0.29, 0.717) is 38.5 Å². The third-order valence-corrected chi connectivity index (χ3v) is 4.85. The van der Waals surface area contributed by atoms with Gasteiger partial charge in [0.05, 0.1) is 19.3 Å². The molecule has 3 N–H and O–H groups in total. The van der Waals surface area contributed by atoms with Crippen molar-refractivity contribution in [3.8, 4) is 0 Å². The molecule has 0 bridgehead atoms. The number of carbonyl (C=O) groups is 1. The molecule has 164 valence electrons. The van der Waals surface area contributed by atoms with E-state index >= 15 is 0 Å². The quantitative estimate of drug-likeness (QED) is 0.452. The Hall–Kier alpha value is -1.72. The van der Waals surface area contributed by atoms with Gasteiger partial charge in [-0.2, -0.15) is 8.42 Å². The number of ether oxygens (including phenoxy) is 2. The maximum atomic E-state index is 12.4. The van der Waals surface area contributed by atoms with Crippen LogP contribution < -0.4 is 10.6 Å². The molecule has 1 fully saturated rings. The molecule has 1 unspecified atom stereocenters. The summed E-state index contributed by atoms with van der Waals surface area (Å²) in [6.45, 7) is 5.60. The van der Waals surface area contributed by atoms with Crippen LogP contribution in [-0.2, 0) is 30.5 Å². The summed E-state index contributed by atoms with van der Waals surface area (Å²) in [5.41, 5.74) is 0.870. The number of alkyl carbamates (subject to hydrolysis) is 1. The van der Waals surface area contributed by atoms with E-state index in [4.69, 9.17) is 13.7 Å². The Morgan fingerprint density at radius 1 is 1.28 bits per heavy atom. The van der Waals surface area contributed by atoms with Crippen LogP contribution in [0, 0.1) is 5.92 Å². The average molecular weight is 431 g/mol. The molecule has 29 heavy (non-hydrogen) atoms. The highest BCUT2D eigenvalue weighted by Crippen LogP contribution is 2.13. The summed E-state index contributed by atoms with van der Waals surface area (Å²) < 4.78 is 47.5. The summed E-state index contributed by atoms with van der Waals surface area (Å²) in [7, 11) is -4.72. The van der Waals surface area contributed by atoms with Gasteiger partial charge in [-0.3, -0.25) is 4.55 Å². The molecule has 0 aliphatic carbocycles. The van der Waals surface area contributed by atoms with Gasteiger partial charge in [0.25, 0.3) is 0 Å². The minimum Gasteiger partial charge on any atom is -0.444 e. The van der Waals surface area contributed by atoms with Crippen molar-refractivity contribution in [1.29, 1.82) is 0 Å². The van der Waals surface area contributed by atoms with Gasteiger partial charge in [-0.1, -0.05) is 44.2 Å². The van der Waals surface area contributed by atoms with Gasteiger partial charge in [0.2, 0.25) is 0 Å². The third kappa shape index (κ3) is 9.55. The van der Waals surface area contributed by atoms with Crippen molar-refractivity contribution in [2.24, 2.45) is 5.92 Å². The zero-order valence-electron chi connectivity index (χ0n) is 16.7. The van der Waals surface area contributed by atoms with Crippen LogP contribution >= 0.6 is 0 Å². The molecule has 0 radical (unpaired) electrons. The largest absolute Gasteiger partial charge is 0.444 e. The van der Waals surface area contributed by atoms with Crippen LogP contribution in [0.4, 0.5) is 4.79 Å². The molecule has 1 aromatic rings. The molecular weight excluding hydrogens is 400 g/mol. The Morgan fingerprint density at radius 2 is 2.00 bits per heavy atom. The predicted octanol–water partition coefficient (Wildman–Crippen LogP) is 1.55. The SMILES string of the molecule is CC(C)CNCC(OS(=O)(=O)O)[C@H](Cc1ccccc1)NC(=O)O[C@H]1CCOC1. The first-order valence-corrected chi connectivity index (χ1v) is 11.0. The molecule has 2 rings (SSSR count). The van der Waals surface area contributed by atoms with Crippen LogP contribution in [0.15, 0.2) is 30.3 Å². The Labute approximate surface area is 172 Å². The molecular formula is C19H30N2O7S. The molecule has 10 heteroatoms. The summed E-state index contributed by atoms with van der Waals surface area (Å²) in [6, 6.07) is 8.51. The summed E-state index contributed by atoms with van der Waals surface area (Å²) in [4.78, 5) is 12.4. The Kier molecular flexibility index (Phi) is 9.31. The normalized spacial score (nSPS) is 19.1. The number of hydrogen-bond donors (Lipinski definition) is 3. The van der Waals surface area contributed by atoms with Crippen LogP contribution in [0.1, 0.15) is 25.8 Å². The lowest BCUT2D eigenvalue weighted by atomic mass is 10.0. The second-order valence-corrected chi connectivity index (χ2v) is 8.49. The summed E-state index contributed by atoms with van der Waals surface area (Å²) in [5, 5.41) is 5.80. The van der Waals surface area contributed by atoms with E-state index in [1.807, 2.05) is 44.2 Å². The van der Waals surface area contributed by atoms with Gasteiger partial charge in [0, 0.05) is 13.0 Å². The highest BCUT2D eigenvalue weighted by Gasteiger charge is 2.30. The lowest BCUT2D eigenvalue weighted by Gasteiger charge is -2.27. The van der Waals surface area contributed by atoms with Crippen molar-refractivity contribution in [2.45, 2.75) is 44.9 Å². The smallest absolute Gasteiger partial charge is 0.407 e. The van der Waals surface area contributed by atoms with Crippen molar-refractivity contribution in [1.82, 2.24) is 10.6 Å². The molecule has 1 amide bonds. The van der Waals surface area contributed by atoms with E-state index in [0.717, 1.165) is 5.56 Å². The first kappa shape index (κ1) is 23.6. The first-order chi connectivity index (χ1) is 13.7. The first-order valence-electron chi connectivity index (χ1n) is 9.68. The maximum absolute atomic E-state index is 12.4. The van der Waals surface area contributed by atoms with E-state index in [2.05, 4.69) is 10.6 Å². The van der Waals surface area contributed by atoms with Crippen LogP contribution in [-0.4, -0.2) is 63.6 Å². The molecule has 1 aromatic carbocycles. The highest BCUT2D eigenvalue weighted by molar-refractivity contribution is 7.80. The number of rotatable bonds is 11. The minimum absolute atomic E-state index is 0.113. The van der Waals surface area contributed by atoms with Gasteiger partial charge in [-0.05, 0) is 24.4 Å². The number of amides is 1. The second kappa shape index (κ2) is 11.5. The average Bonchev–Trinajstić information content (AvgIpc) is 3.13. The summed E-state index contributed by atoms with van der Waals surface area (Å²) in [5.74, 6) is 0.328. The van der Waals surface area contributed by atoms with Crippen LogP contribution in [0.5, 0.6) is 0 Å². The topological polar surface area (TPSA) is 123 Å². The fourth-order valence-corrected chi connectivity index (χ4v) is 3.51. The monoisotopic (exact) mass is 430 g/mol. The Bertz CT molecular complexity index is 721. The Morgan fingerprint density at radius 3 is 2.59 bits per heavy atom. The molecule has 0 spiro atoms. The summed E-state index contributed by atoms with van der Waals surface area (Å²) >= 11 is 0. The van der Waals surface area contributed by atoms with Crippen LogP contribution in [0.2, 0.25) is 0 Å². The second-order valence-electron chi connectivity index (χ2n) is 7.45. The fourth-order valence-electron chi connectivity index (χ4n) is 3.00. The van der Waals surface area contributed by atoms with Gasteiger partial charge in [-0.15, -0.1) is 0 Å². The molecule has 1 aliphatic rings. The molecule has 1 aliphatic heterocycles. The number of hydrogen-bond acceptors (Lipinski definition) is 7. The zero-order chi connectivity index (χ0) is 21.3. The Balaban J connectivity index is 2.13. The lowest BCUT2D eigenvalue weighted by molar-refractivity contribution is 0.0715. The highest BCUT2D eigenvalue weighted by atomic mass is 32.3. The van der Waals surface area contributed by atoms with Crippen LogP contribution in [0.25, 0.3) is 0 Å². The predicted molar refractivity (Wildman–Crippen MR) is 107 cm³/mol. The van der Waals surface area contributed by atoms with Gasteiger partial charge in [0.1, 0.15) is 12.2 Å². The van der Waals surface area contributed by atoms with E-state index in [1.54, 1.807) is 0 Å². The van der Waals surface area contributed by atoms with E-state index in [1.165, 1.54) is 0 Å². The standard InChI is InChI=1S/C19H30N2O7S/c1-14(2)11-20-12-18(28-29(23,24)25)17(10-15-6-4-3-5-7-15)21-19(22)27-16-8-9-26-13-16/h3-7,14,16-18,20H,8-13H2,1-2H3,(H,21,22)(H,23,24,25)/t16-,17-,18?/m0/s1. The van der Waals surface area contributed by atoms with E-state index in [-0.39, 0.29) is 12.6 Å². The molecule has 0 aromatic heterocycles. The van der Waals surface area contributed by atoms with Crippen molar-refractivity contribution in [2.75, 3.05) is 26.3 Å². The van der Waals surface area contributed by atoms with Gasteiger partial charge >= 0.3 is 16.5 Å². The number of nitrogens with one attached hydrogen (secondary N) is 2. The van der Waals surface area contributed by atoms with Crippen LogP contribution in [0.3, 0.4) is 0 Å². The number of benzene rings is 1. The third-order valence-electron chi connectivity index (χ3n) is 4.36. The molecule has 1 heterocycles. The lowest BCUT2D eigenvalue weighted by Crippen LogP contribution is -2.51. The summed E-state index contributed by atoms with van der Waals surface area (Å²) in [6.07, 6.45) is -1.16. The zero-order valence-corrected chi connectivity index (χ0v) is 17.6. The van der Waals surface area contributed by atoms with Gasteiger partial charge in [0.15, 0.2) is 0 Å². The molecule has 1 saturated heterocycles. The molecule has 9 nitrogen and oxygen atoms in total. The number of carbonyl (C=O) groups excluding carboxylic acids is 1. The minimum atomic E-state index is -4.72. The van der Waals surface area contributed by atoms with E-state index in [9.17, 15) is 17.8 Å². The fraction of sp³-hybridized carbons (Fsp3) is 0.632. The van der Waals surface area contributed by atoms with Crippen molar-refractivity contribution >= 4 is 16.5 Å². The molecule has 0 saturated carbocycles. The van der Waals surface area contributed by atoms with Gasteiger partial charge in [-0.25, -0.2) is 8.98 Å². The van der Waals surface area contributed by atoms with Crippen molar-refractivity contribution in [3.63, 3.8) is 0 Å².